The number of nitrogens with one attached hydrogen (secondary N) is 1. The van der Waals surface area contributed by atoms with Crippen molar-refractivity contribution in [1.29, 1.82) is 0 Å². The van der Waals surface area contributed by atoms with Gasteiger partial charge in [-0.2, -0.15) is 0 Å². The van der Waals surface area contributed by atoms with Crippen molar-refractivity contribution >= 4 is 5.69 Å². The quantitative estimate of drug-likeness (QED) is 0.643. The van der Waals surface area contributed by atoms with Crippen LogP contribution in [0.5, 0.6) is 0 Å². The van der Waals surface area contributed by atoms with E-state index in [-0.39, 0.29) is 22.6 Å². The van der Waals surface area contributed by atoms with Crippen molar-refractivity contribution in [2.45, 2.75) is 43.7 Å². The number of non-ortho nitro benzene ring substituents is 1. The molecule has 2 N–H and O–H groups in total. The average molecular weight is 276 g/mol. The summed E-state index contributed by atoms with van der Waals surface area (Å²) in [6, 6.07) is 6.82. The number of hydrogen-bond acceptors (Lipinski definition) is 4. The van der Waals surface area contributed by atoms with Crippen LogP contribution >= 0.6 is 0 Å². The van der Waals surface area contributed by atoms with E-state index in [1.165, 1.54) is 6.07 Å². The van der Waals surface area contributed by atoms with Gasteiger partial charge in [0.2, 0.25) is 0 Å². The van der Waals surface area contributed by atoms with Crippen molar-refractivity contribution in [3.63, 3.8) is 0 Å². The lowest BCUT2D eigenvalue weighted by molar-refractivity contribution is -0.385. The molecular formula is C15H20N2O3. The van der Waals surface area contributed by atoms with Crippen LogP contribution in [0.4, 0.5) is 5.69 Å². The minimum Gasteiger partial charge on any atom is -0.389 e. The molecule has 1 aromatic rings. The number of rotatable bonds is 2. The van der Waals surface area contributed by atoms with Gasteiger partial charge in [0.15, 0.2) is 0 Å². The van der Waals surface area contributed by atoms with Gasteiger partial charge < -0.3 is 10.4 Å². The molecule has 1 aliphatic heterocycles. The van der Waals surface area contributed by atoms with E-state index in [1.54, 1.807) is 12.1 Å². The Morgan fingerprint density at radius 2 is 2.20 bits per heavy atom. The zero-order chi connectivity index (χ0) is 14.2. The van der Waals surface area contributed by atoms with Crippen molar-refractivity contribution in [1.82, 2.24) is 5.32 Å². The predicted molar refractivity (Wildman–Crippen MR) is 75.4 cm³/mol. The Hall–Kier alpha value is -1.46. The number of nitrogens with zero attached hydrogens (tertiary/aromatic N) is 1. The van der Waals surface area contributed by atoms with Crippen molar-refractivity contribution in [3.05, 3.63) is 39.9 Å². The van der Waals surface area contributed by atoms with Crippen LogP contribution in [0.2, 0.25) is 0 Å². The van der Waals surface area contributed by atoms with Crippen molar-refractivity contribution < 1.29 is 10.0 Å². The molecule has 3 atom stereocenters. The number of fused-ring (bicyclic) bond motifs is 1. The lowest BCUT2D eigenvalue weighted by atomic mass is 9.67. The summed E-state index contributed by atoms with van der Waals surface area (Å²) >= 11 is 0. The third-order valence-corrected chi connectivity index (χ3v) is 4.83. The summed E-state index contributed by atoms with van der Waals surface area (Å²) in [5.41, 5.74) is 0.442. The summed E-state index contributed by atoms with van der Waals surface area (Å²) in [7, 11) is 0. The van der Waals surface area contributed by atoms with E-state index in [4.69, 9.17) is 0 Å². The smallest absolute Gasteiger partial charge is 0.269 e. The van der Waals surface area contributed by atoms with Crippen LogP contribution in [0.15, 0.2) is 24.3 Å². The molecule has 108 valence electrons. The first-order chi connectivity index (χ1) is 9.60. The molecule has 5 nitrogen and oxygen atoms in total. The largest absolute Gasteiger partial charge is 0.389 e. The van der Waals surface area contributed by atoms with Gasteiger partial charge in [-0.3, -0.25) is 10.1 Å². The molecule has 0 amide bonds. The fourth-order valence-corrected chi connectivity index (χ4v) is 3.81. The van der Waals surface area contributed by atoms with E-state index in [9.17, 15) is 15.2 Å². The first-order valence-electron chi connectivity index (χ1n) is 7.30. The monoisotopic (exact) mass is 276 g/mol. The Morgan fingerprint density at radius 1 is 1.35 bits per heavy atom. The molecule has 1 aromatic carbocycles. The summed E-state index contributed by atoms with van der Waals surface area (Å²) in [4.78, 5) is 10.6. The summed E-state index contributed by atoms with van der Waals surface area (Å²) in [6.45, 7) is 0.764. The second-order valence-electron chi connectivity index (χ2n) is 5.99. The molecule has 0 aromatic heterocycles. The molecule has 0 bridgehead atoms. The van der Waals surface area contributed by atoms with Crippen molar-refractivity contribution in [2.24, 2.45) is 5.92 Å². The Balaban J connectivity index is 1.92. The lowest BCUT2D eigenvalue weighted by Crippen LogP contribution is -2.53. The van der Waals surface area contributed by atoms with E-state index in [0.717, 1.165) is 44.2 Å². The molecule has 2 aliphatic rings. The molecule has 0 radical (unpaired) electrons. The summed E-state index contributed by atoms with van der Waals surface area (Å²) in [5, 5.41) is 25.2. The molecule has 1 saturated carbocycles. The second kappa shape index (κ2) is 5.14. The summed E-state index contributed by atoms with van der Waals surface area (Å²) < 4.78 is 0. The third kappa shape index (κ3) is 2.31. The normalized spacial score (nSPS) is 33.5. The maximum Gasteiger partial charge on any atom is 0.269 e. The van der Waals surface area contributed by atoms with E-state index in [0.29, 0.717) is 0 Å². The number of nitro groups is 1. The SMILES string of the molecule is O=[N+]([O-])c1cccc([C@@H]2NCC[C@@]3(O)CCCC[C@H]23)c1. The van der Waals surface area contributed by atoms with Gasteiger partial charge in [-0.05, 0) is 31.4 Å². The second-order valence-corrected chi connectivity index (χ2v) is 5.99. The fourth-order valence-electron chi connectivity index (χ4n) is 3.81. The number of aliphatic hydroxyl groups is 1. The maximum atomic E-state index is 10.9. The Labute approximate surface area is 118 Å². The Morgan fingerprint density at radius 3 is 3.00 bits per heavy atom. The van der Waals surface area contributed by atoms with Gasteiger partial charge in [0.1, 0.15) is 0 Å². The Kier molecular flexibility index (Phi) is 3.48. The third-order valence-electron chi connectivity index (χ3n) is 4.83. The zero-order valence-corrected chi connectivity index (χ0v) is 11.4. The molecule has 1 heterocycles. The van der Waals surface area contributed by atoms with E-state index in [2.05, 4.69) is 5.32 Å². The van der Waals surface area contributed by atoms with Gasteiger partial charge >= 0.3 is 0 Å². The number of benzene rings is 1. The molecule has 0 spiro atoms. The minimum atomic E-state index is -0.598. The zero-order valence-electron chi connectivity index (χ0n) is 11.4. The van der Waals surface area contributed by atoms with Gasteiger partial charge in [-0.1, -0.05) is 25.0 Å². The van der Waals surface area contributed by atoms with Crippen LogP contribution in [0.3, 0.4) is 0 Å². The number of nitro benzene ring substituents is 1. The predicted octanol–water partition coefficient (Wildman–Crippen LogP) is 2.55. The van der Waals surface area contributed by atoms with Crippen LogP contribution in [-0.4, -0.2) is 22.2 Å². The van der Waals surface area contributed by atoms with Crippen LogP contribution in [0, 0.1) is 16.0 Å². The van der Waals surface area contributed by atoms with Gasteiger partial charge in [-0.15, -0.1) is 0 Å². The lowest BCUT2D eigenvalue weighted by Gasteiger charge is -2.48. The standard InChI is InChI=1S/C15H20N2O3/c18-15-7-2-1-6-13(15)14(16-9-8-15)11-4-3-5-12(10-11)17(19)20/h3-5,10,13-14,16,18H,1-2,6-9H2/t13-,14+,15+/m1/s1. The van der Waals surface area contributed by atoms with Crippen LogP contribution in [0.1, 0.15) is 43.7 Å². The molecule has 1 aliphatic carbocycles. The van der Waals surface area contributed by atoms with Gasteiger partial charge in [0.05, 0.1) is 10.5 Å². The summed E-state index contributed by atoms with van der Waals surface area (Å²) in [5.74, 6) is 0.159. The van der Waals surface area contributed by atoms with Gasteiger partial charge in [0.25, 0.3) is 5.69 Å². The average Bonchev–Trinajstić information content (AvgIpc) is 2.46. The summed E-state index contributed by atoms with van der Waals surface area (Å²) in [6.07, 6.45) is 4.82. The van der Waals surface area contributed by atoms with Crippen LogP contribution in [0.25, 0.3) is 0 Å². The maximum absolute atomic E-state index is 10.9. The molecule has 2 fully saturated rings. The van der Waals surface area contributed by atoms with E-state index >= 15 is 0 Å². The molecule has 1 saturated heterocycles. The van der Waals surface area contributed by atoms with Crippen molar-refractivity contribution in [2.75, 3.05) is 6.54 Å². The van der Waals surface area contributed by atoms with E-state index in [1.807, 2.05) is 6.07 Å². The minimum absolute atomic E-state index is 0.0222. The van der Waals surface area contributed by atoms with Crippen LogP contribution < -0.4 is 5.32 Å². The highest BCUT2D eigenvalue weighted by Gasteiger charge is 2.45. The highest BCUT2D eigenvalue weighted by Crippen LogP contribution is 2.45. The first-order valence-corrected chi connectivity index (χ1v) is 7.30. The highest BCUT2D eigenvalue weighted by molar-refractivity contribution is 5.36. The van der Waals surface area contributed by atoms with Gasteiger partial charge in [-0.25, -0.2) is 0 Å². The van der Waals surface area contributed by atoms with Gasteiger partial charge in [0, 0.05) is 24.1 Å². The van der Waals surface area contributed by atoms with Crippen LogP contribution in [-0.2, 0) is 0 Å². The highest BCUT2D eigenvalue weighted by atomic mass is 16.6. The number of hydrogen-bond donors (Lipinski definition) is 2. The topological polar surface area (TPSA) is 75.4 Å². The molecule has 20 heavy (non-hydrogen) atoms. The molecule has 3 rings (SSSR count). The number of piperidine rings is 1. The Bertz CT molecular complexity index is 516. The molecular weight excluding hydrogens is 256 g/mol. The molecule has 5 heteroatoms. The van der Waals surface area contributed by atoms with E-state index < -0.39 is 5.60 Å². The van der Waals surface area contributed by atoms with Crippen molar-refractivity contribution in [3.8, 4) is 0 Å². The molecule has 0 unspecified atom stereocenters. The fraction of sp³-hybridized carbons (Fsp3) is 0.600. The first kappa shape index (κ1) is 13.5.